The second-order valence-electron chi connectivity index (χ2n) is 8.65. The van der Waals surface area contributed by atoms with Gasteiger partial charge in [-0.25, -0.2) is 0 Å². The first-order valence-electron chi connectivity index (χ1n) is 10.4. The average molecular weight is 446 g/mol. The fourth-order valence-corrected chi connectivity index (χ4v) is 4.46. The van der Waals surface area contributed by atoms with Crippen molar-refractivity contribution in [3.63, 3.8) is 0 Å². The lowest BCUT2D eigenvalue weighted by Crippen LogP contribution is -2.41. The largest absolute Gasteiger partial charge is 0.425 e. The number of benzene rings is 2. The highest BCUT2D eigenvalue weighted by Crippen LogP contribution is 2.57. The van der Waals surface area contributed by atoms with E-state index in [1.165, 1.54) is 29.1 Å². The Hall–Kier alpha value is -2.68. The number of hydrogen-bond donors (Lipinski definition) is 3. The van der Waals surface area contributed by atoms with E-state index in [1.54, 1.807) is 18.3 Å². The van der Waals surface area contributed by atoms with E-state index >= 15 is 0 Å². The van der Waals surface area contributed by atoms with Gasteiger partial charge in [0.05, 0.1) is 25.5 Å². The van der Waals surface area contributed by atoms with Crippen LogP contribution in [0.1, 0.15) is 36.6 Å². The molecule has 1 atom stereocenters. The van der Waals surface area contributed by atoms with Crippen LogP contribution in [0.4, 0.5) is 13.2 Å². The van der Waals surface area contributed by atoms with Crippen molar-refractivity contribution in [1.82, 2.24) is 9.78 Å². The highest BCUT2D eigenvalue weighted by molar-refractivity contribution is 5.92. The Bertz CT molecular complexity index is 1140. The van der Waals surface area contributed by atoms with Crippen LogP contribution in [0.5, 0.6) is 0 Å². The molecule has 0 aliphatic heterocycles. The minimum Gasteiger partial charge on any atom is -0.394 e. The van der Waals surface area contributed by atoms with Gasteiger partial charge in [0.25, 0.3) is 0 Å². The van der Waals surface area contributed by atoms with Gasteiger partial charge in [-0.05, 0) is 34.6 Å². The Morgan fingerprint density at radius 2 is 1.72 bits per heavy atom. The maximum absolute atomic E-state index is 14.3. The molecule has 8 heteroatoms. The first kappa shape index (κ1) is 22.5. The molecule has 170 valence electrons. The van der Waals surface area contributed by atoms with Crippen LogP contribution >= 0.6 is 0 Å². The zero-order valence-corrected chi connectivity index (χ0v) is 17.8. The molecule has 0 amide bonds. The summed E-state index contributed by atoms with van der Waals surface area (Å²) in [6.07, 6.45) is -1.28. The SMILES string of the molecule is CC(C)Cc1cc(-c2cnn(C(CO)CO)c2)c2c(c1)C(O)(C(F)(F)F)c1ccccc1-2. The molecule has 0 fully saturated rings. The van der Waals surface area contributed by atoms with Crippen molar-refractivity contribution in [2.75, 3.05) is 13.2 Å². The van der Waals surface area contributed by atoms with Crippen molar-refractivity contribution in [2.24, 2.45) is 5.92 Å². The predicted octanol–water partition coefficient (Wildman–Crippen LogP) is 4.05. The number of alkyl halides is 3. The molecule has 0 saturated heterocycles. The molecule has 2 aromatic carbocycles. The van der Waals surface area contributed by atoms with Gasteiger partial charge >= 0.3 is 6.18 Å². The summed E-state index contributed by atoms with van der Waals surface area (Å²) < 4.78 is 44.3. The van der Waals surface area contributed by atoms with Gasteiger partial charge < -0.3 is 15.3 Å². The van der Waals surface area contributed by atoms with Crippen molar-refractivity contribution in [3.05, 3.63) is 65.5 Å². The van der Waals surface area contributed by atoms with Gasteiger partial charge in [-0.15, -0.1) is 0 Å². The lowest BCUT2D eigenvalue weighted by atomic mass is 9.86. The van der Waals surface area contributed by atoms with Crippen molar-refractivity contribution in [3.8, 4) is 22.3 Å². The molecule has 4 rings (SSSR count). The third-order valence-corrected chi connectivity index (χ3v) is 5.94. The molecule has 0 bridgehead atoms. The van der Waals surface area contributed by atoms with E-state index in [0.717, 1.165) is 0 Å². The quantitative estimate of drug-likeness (QED) is 0.534. The lowest BCUT2D eigenvalue weighted by molar-refractivity contribution is -0.246. The highest BCUT2D eigenvalue weighted by atomic mass is 19.4. The molecule has 0 radical (unpaired) electrons. The van der Waals surface area contributed by atoms with E-state index in [2.05, 4.69) is 5.10 Å². The molecule has 1 unspecified atom stereocenters. The number of halogens is 3. The van der Waals surface area contributed by atoms with Crippen molar-refractivity contribution < 1.29 is 28.5 Å². The van der Waals surface area contributed by atoms with Crippen LogP contribution in [-0.4, -0.2) is 44.5 Å². The molecule has 0 saturated carbocycles. The molecule has 1 aromatic heterocycles. The summed E-state index contributed by atoms with van der Waals surface area (Å²) in [4.78, 5) is 0. The second kappa shape index (κ2) is 8.03. The summed E-state index contributed by atoms with van der Waals surface area (Å²) in [5.74, 6) is 0.194. The summed E-state index contributed by atoms with van der Waals surface area (Å²) in [5, 5.41) is 34.3. The van der Waals surface area contributed by atoms with Gasteiger partial charge in [-0.3, -0.25) is 4.68 Å². The number of nitrogens with zero attached hydrogens (tertiary/aromatic N) is 2. The molecule has 5 nitrogen and oxygen atoms in total. The smallest absolute Gasteiger partial charge is 0.394 e. The highest BCUT2D eigenvalue weighted by Gasteiger charge is 2.61. The zero-order chi connectivity index (χ0) is 23.3. The van der Waals surface area contributed by atoms with Crippen LogP contribution in [0.3, 0.4) is 0 Å². The van der Waals surface area contributed by atoms with E-state index in [9.17, 15) is 28.5 Å². The normalized spacial score (nSPS) is 17.8. The maximum Gasteiger partial charge on any atom is 0.425 e. The topological polar surface area (TPSA) is 78.5 Å². The van der Waals surface area contributed by atoms with Gasteiger partial charge in [-0.2, -0.15) is 18.3 Å². The molecule has 3 N–H and O–H groups in total. The third kappa shape index (κ3) is 3.43. The zero-order valence-electron chi connectivity index (χ0n) is 17.8. The number of aromatic nitrogens is 2. The molecule has 1 aliphatic rings. The van der Waals surface area contributed by atoms with Gasteiger partial charge in [0.15, 0.2) is 0 Å². The van der Waals surface area contributed by atoms with Gasteiger partial charge in [0.2, 0.25) is 5.60 Å². The third-order valence-electron chi connectivity index (χ3n) is 5.94. The van der Waals surface area contributed by atoms with Gasteiger partial charge in [0.1, 0.15) is 0 Å². The van der Waals surface area contributed by atoms with Crippen LogP contribution in [0.15, 0.2) is 48.8 Å². The molecular formula is C24H25F3N2O3. The summed E-state index contributed by atoms with van der Waals surface area (Å²) in [7, 11) is 0. The lowest BCUT2D eigenvalue weighted by Gasteiger charge is -2.29. The van der Waals surface area contributed by atoms with Gasteiger partial charge in [-0.1, -0.05) is 50.2 Å². The predicted molar refractivity (Wildman–Crippen MR) is 114 cm³/mol. The monoisotopic (exact) mass is 446 g/mol. The first-order valence-corrected chi connectivity index (χ1v) is 10.4. The van der Waals surface area contributed by atoms with E-state index in [0.29, 0.717) is 34.2 Å². The fraction of sp³-hybridized carbons (Fsp3) is 0.375. The molecule has 1 aliphatic carbocycles. The summed E-state index contributed by atoms with van der Waals surface area (Å²) in [6.45, 7) is 3.28. The van der Waals surface area contributed by atoms with Gasteiger partial charge in [0, 0.05) is 22.9 Å². The standard InChI is InChI=1S/C24H25F3N2O3/c1-14(2)7-15-8-19(16-10-28-29(11-16)17(12-30)13-31)22-18-5-3-4-6-20(18)23(32,21(22)9-15)24(25,26)27/h3-6,8-11,14,17,30-32H,7,12-13H2,1-2H3. The number of hydrogen-bond acceptors (Lipinski definition) is 4. The van der Waals surface area contributed by atoms with E-state index < -0.39 is 17.8 Å². The van der Waals surface area contributed by atoms with E-state index in [4.69, 9.17) is 0 Å². The van der Waals surface area contributed by atoms with Crippen LogP contribution in [-0.2, 0) is 12.0 Å². The molecule has 32 heavy (non-hydrogen) atoms. The fourth-order valence-electron chi connectivity index (χ4n) is 4.46. The van der Waals surface area contributed by atoms with Crippen molar-refractivity contribution in [1.29, 1.82) is 0 Å². The second-order valence-corrected chi connectivity index (χ2v) is 8.65. The number of aliphatic hydroxyl groups excluding tert-OH is 2. The maximum atomic E-state index is 14.3. The Morgan fingerprint density at radius 1 is 1.03 bits per heavy atom. The number of fused-ring (bicyclic) bond motifs is 3. The van der Waals surface area contributed by atoms with Crippen molar-refractivity contribution in [2.45, 2.75) is 38.1 Å². The van der Waals surface area contributed by atoms with E-state index in [1.807, 2.05) is 19.9 Å². The molecule has 0 spiro atoms. The average Bonchev–Trinajstić information content (AvgIpc) is 3.31. The molecular weight excluding hydrogens is 421 g/mol. The minimum atomic E-state index is -4.91. The van der Waals surface area contributed by atoms with Crippen LogP contribution < -0.4 is 0 Å². The Morgan fingerprint density at radius 3 is 2.34 bits per heavy atom. The summed E-state index contributed by atoms with van der Waals surface area (Å²) >= 11 is 0. The molecule has 3 aromatic rings. The van der Waals surface area contributed by atoms with Crippen LogP contribution in [0.2, 0.25) is 0 Å². The minimum absolute atomic E-state index is 0.187. The van der Waals surface area contributed by atoms with Crippen LogP contribution in [0.25, 0.3) is 22.3 Å². The Balaban J connectivity index is 2.02. The molecule has 1 heterocycles. The number of aliphatic hydroxyl groups is 3. The number of rotatable bonds is 6. The summed E-state index contributed by atoms with van der Waals surface area (Å²) in [6, 6.07) is 8.67. The van der Waals surface area contributed by atoms with E-state index in [-0.39, 0.29) is 30.3 Å². The first-order chi connectivity index (χ1) is 15.1. The summed E-state index contributed by atoms with van der Waals surface area (Å²) in [5.41, 5.74) is -1.12. The Labute approximate surface area is 183 Å². The Kier molecular flexibility index (Phi) is 5.65. The van der Waals surface area contributed by atoms with Crippen LogP contribution in [0, 0.1) is 5.92 Å². The van der Waals surface area contributed by atoms with Crippen molar-refractivity contribution >= 4 is 0 Å².